The molecule has 2 aromatic rings. The van der Waals surface area contributed by atoms with Crippen molar-refractivity contribution in [3.8, 4) is 5.75 Å². The molecule has 1 amide bonds. The van der Waals surface area contributed by atoms with Crippen LogP contribution in [0.15, 0.2) is 42.5 Å². The second kappa shape index (κ2) is 9.20. The Morgan fingerprint density at radius 2 is 1.85 bits per heavy atom. The van der Waals surface area contributed by atoms with Gasteiger partial charge in [0.05, 0.1) is 4.92 Å². The highest BCUT2D eigenvalue weighted by Crippen LogP contribution is 2.27. The normalized spacial score (nSPS) is 11.4. The van der Waals surface area contributed by atoms with E-state index in [1.54, 1.807) is 24.3 Å². The maximum absolute atomic E-state index is 11.9. The highest BCUT2D eigenvalue weighted by Gasteiger charge is 2.19. The SMILES string of the molecule is C[C@H](Oc1ccc(Cl)cc1)C(=O)OCC(=O)Nc1ccc(Cl)c([N+](=O)[O-])c1. The molecule has 2 rings (SSSR count). The molecule has 27 heavy (non-hydrogen) atoms. The molecule has 0 bridgehead atoms. The lowest BCUT2D eigenvalue weighted by Gasteiger charge is -2.14. The number of benzene rings is 2. The van der Waals surface area contributed by atoms with Crippen LogP contribution in [0.1, 0.15) is 6.92 Å². The summed E-state index contributed by atoms with van der Waals surface area (Å²) in [5, 5.41) is 13.7. The largest absolute Gasteiger partial charge is 0.479 e. The molecule has 0 saturated carbocycles. The minimum Gasteiger partial charge on any atom is -0.479 e. The first kappa shape index (κ1) is 20.5. The van der Waals surface area contributed by atoms with Crippen LogP contribution in [0.4, 0.5) is 11.4 Å². The van der Waals surface area contributed by atoms with Crippen molar-refractivity contribution in [1.29, 1.82) is 0 Å². The predicted octanol–water partition coefficient (Wildman–Crippen LogP) is 3.85. The van der Waals surface area contributed by atoms with Crippen LogP contribution in [0.5, 0.6) is 5.75 Å². The zero-order chi connectivity index (χ0) is 20.0. The zero-order valence-corrected chi connectivity index (χ0v) is 15.5. The molecular weight excluding hydrogens is 399 g/mol. The third-order valence-electron chi connectivity index (χ3n) is 3.23. The fourth-order valence-corrected chi connectivity index (χ4v) is 2.26. The van der Waals surface area contributed by atoms with Gasteiger partial charge in [0.2, 0.25) is 0 Å². The van der Waals surface area contributed by atoms with Crippen molar-refractivity contribution in [2.24, 2.45) is 0 Å². The van der Waals surface area contributed by atoms with E-state index in [4.69, 9.17) is 32.7 Å². The molecule has 0 heterocycles. The Labute approximate surface area is 164 Å². The molecule has 0 aromatic heterocycles. The molecule has 10 heteroatoms. The number of anilines is 1. The van der Waals surface area contributed by atoms with E-state index in [0.29, 0.717) is 10.8 Å². The number of carbonyl (C=O) groups excluding carboxylic acids is 2. The van der Waals surface area contributed by atoms with Crippen molar-refractivity contribution < 1.29 is 24.0 Å². The van der Waals surface area contributed by atoms with Gasteiger partial charge >= 0.3 is 5.97 Å². The van der Waals surface area contributed by atoms with Crippen molar-refractivity contribution in [3.05, 3.63) is 62.6 Å². The van der Waals surface area contributed by atoms with Crippen molar-refractivity contribution in [2.75, 3.05) is 11.9 Å². The average molecular weight is 413 g/mol. The lowest BCUT2D eigenvalue weighted by molar-refractivity contribution is -0.384. The second-order valence-electron chi connectivity index (χ2n) is 5.29. The number of halogens is 2. The molecule has 8 nitrogen and oxygen atoms in total. The van der Waals surface area contributed by atoms with Gasteiger partial charge in [-0.1, -0.05) is 23.2 Å². The van der Waals surface area contributed by atoms with Crippen LogP contribution in [0.25, 0.3) is 0 Å². The summed E-state index contributed by atoms with van der Waals surface area (Å²) >= 11 is 11.5. The molecule has 0 unspecified atom stereocenters. The number of ether oxygens (including phenoxy) is 2. The Morgan fingerprint density at radius 3 is 2.48 bits per heavy atom. The number of nitro groups is 1. The molecule has 0 radical (unpaired) electrons. The van der Waals surface area contributed by atoms with E-state index in [1.807, 2.05) is 0 Å². The first-order chi connectivity index (χ1) is 12.8. The summed E-state index contributed by atoms with van der Waals surface area (Å²) in [6.45, 7) is 0.890. The van der Waals surface area contributed by atoms with Crippen LogP contribution in [-0.2, 0) is 14.3 Å². The van der Waals surface area contributed by atoms with E-state index >= 15 is 0 Å². The Bertz CT molecular complexity index is 857. The number of rotatable bonds is 7. The Balaban J connectivity index is 1.85. The van der Waals surface area contributed by atoms with Crippen LogP contribution in [0.2, 0.25) is 10.0 Å². The number of nitrogens with one attached hydrogen (secondary N) is 1. The molecule has 2 aromatic carbocycles. The van der Waals surface area contributed by atoms with E-state index < -0.39 is 29.5 Å². The molecule has 0 aliphatic heterocycles. The molecule has 1 N–H and O–H groups in total. The monoisotopic (exact) mass is 412 g/mol. The summed E-state index contributed by atoms with van der Waals surface area (Å²) in [6.07, 6.45) is -0.949. The van der Waals surface area contributed by atoms with E-state index in [9.17, 15) is 19.7 Å². The zero-order valence-electron chi connectivity index (χ0n) is 14.0. The molecule has 0 spiro atoms. The first-order valence-electron chi connectivity index (χ1n) is 7.59. The highest BCUT2D eigenvalue weighted by molar-refractivity contribution is 6.32. The van der Waals surface area contributed by atoms with Gasteiger partial charge in [0.1, 0.15) is 10.8 Å². The number of amides is 1. The van der Waals surface area contributed by atoms with Gasteiger partial charge in [-0.25, -0.2) is 4.79 Å². The van der Waals surface area contributed by atoms with Crippen molar-refractivity contribution in [3.63, 3.8) is 0 Å². The lowest BCUT2D eigenvalue weighted by Crippen LogP contribution is -2.29. The third-order valence-corrected chi connectivity index (χ3v) is 3.80. The molecular formula is C17H14Cl2N2O6. The number of esters is 1. The van der Waals surface area contributed by atoms with Gasteiger partial charge in [-0.3, -0.25) is 14.9 Å². The number of carbonyl (C=O) groups is 2. The van der Waals surface area contributed by atoms with Gasteiger partial charge in [-0.15, -0.1) is 0 Å². The van der Waals surface area contributed by atoms with E-state index in [-0.39, 0.29) is 16.4 Å². The van der Waals surface area contributed by atoms with Crippen LogP contribution < -0.4 is 10.1 Å². The van der Waals surface area contributed by atoms with Crippen molar-refractivity contribution >= 4 is 46.5 Å². The van der Waals surface area contributed by atoms with Crippen molar-refractivity contribution in [1.82, 2.24) is 0 Å². The van der Waals surface area contributed by atoms with E-state index in [2.05, 4.69) is 5.32 Å². The lowest BCUT2D eigenvalue weighted by atomic mass is 10.3. The van der Waals surface area contributed by atoms with E-state index in [0.717, 1.165) is 6.07 Å². The number of nitrogens with zero attached hydrogens (tertiary/aromatic N) is 1. The fourth-order valence-electron chi connectivity index (χ4n) is 1.95. The topological polar surface area (TPSA) is 108 Å². The van der Waals surface area contributed by atoms with Gasteiger partial charge in [-0.2, -0.15) is 0 Å². The van der Waals surface area contributed by atoms with Crippen LogP contribution >= 0.6 is 23.2 Å². The summed E-state index contributed by atoms with van der Waals surface area (Å²) < 4.78 is 10.3. The fraction of sp³-hybridized carbons (Fsp3) is 0.176. The van der Waals surface area contributed by atoms with Gasteiger partial charge < -0.3 is 14.8 Å². The van der Waals surface area contributed by atoms with Crippen LogP contribution in [-0.4, -0.2) is 29.5 Å². The van der Waals surface area contributed by atoms with E-state index in [1.165, 1.54) is 19.1 Å². The number of hydrogen-bond acceptors (Lipinski definition) is 6. The molecule has 0 aliphatic rings. The smallest absolute Gasteiger partial charge is 0.347 e. The molecule has 0 saturated heterocycles. The first-order valence-corrected chi connectivity index (χ1v) is 8.34. The number of hydrogen-bond donors (Lipinski definition) is 1. The Hall–Kier alpha value is -2.84. The van der Waals surface area contributed by atoms with Crippen LogP contribution in [0, 0.1) is 10.1 Å². The van der Waals surface area contributed by atoms with Gasteiger partial charge in [-0.05, 0) is 43.3 Å². The minimum absolute atomic E-state index is 0.0578. The quantitative estimate of drug-likeness (QED) is 0.420. The standard InChI is InChI=1S/C17H14Cl2N2O6/c1-10(27-13-5-2-11(18)3-6-13)17(23)26-9-16(22)20-12-4-7-14(19)15(8-12)21(24)25/h2-8,10H,9H2,1H3,(H,20,22)/t10-/m0/s1. The summed E-state index contributed by atoms with van der Waals surface area (Å²) in [4.78, 5) is 33.9. The van der Waals surface area contributed by atoms with Gasteiger partial charge in [0.25, 0.3) is 11.6 Å². The highest BCUT2D eigenvalue weighted by atomic mass is 35.5. The summed E-state index contributed by atoms with van der Waals surface area (Å²) in [5.41, 5.74) is -0.200. The summed E-state index contributed by atoms with van der Waals surface area (Å²) in [7, 11) is 0. The maximum Gasteiger partial charge on any atom is 0.347 e. The van der Waals surface area contributed by atoms with Gasteiger partial charge in [0, 0.05) is 16.8 Å². The average Bonchev–Trinajstić information content (AvgIpc) is 2.63. The molecule has 0 fully saturated rings. The maximum atomic E-state index is 11.9. The second-order valence-corrected chi connectivity index (χ2v) is 6.14. The minimum atomic E-state index is -0.949. The molecule has 0 aliphatic carbocycles. The number of nitro benzene ring substituents is 1. The molecule has 142 valence electrons. The van der Waals surface area contributed by atoms with Crippen LogP contribution in [0.3, 0.4) is 0 Å². The third kappa shape index (κ3) is 6.12. The molecule has 1 atom stereocenters. The predicted molar refractivity (Wildman–Crippen MR) is 99.2 cm³/mol. The Kier molecular flexibility index (Phi) is 6.98. The summed E-state index contributed by atoms with van der Waals surface area (Å²) in [6, 6.07) is 10.2. The summed E-state index contributed by atoms with van der Waals surface area (Å²) in [5.74, 6) is -0.998. The van der Waals surface area contributed by atoms with Gasteiger partial charge in [0.15, 0.2) is 12.7 Å². The van der Waals surface area contributed by atoms with Crippen molar-refractivity contribution in [2.45, 2.75) is 13.0 Å². The Morgan fingerprint density at radius 1 is 1.19 bits per heavy atom.